The summed E-state index contributed by atoms with van der Waals surface area (Å²) in [6.07, 6.45) is -0.804. The molecule has 1 atom stereocenters. The molecule has 0 fully saturated rings. The highest BCUT2D eigenvalue weighted by atomic mass is 19.1. The second-order valence-electron chi connectivity index (χ2n) is 5.31. The quantitative estimate of drug-likeness (QED) is 0.752. The molecule has 21 heavy (non-hydrogen) atoms. The molecular weight excluding hydrogens is 275 g/mol. The average molecular weight is 298 g/mol. The maximum atomic E-state index is 13.3. The van der Waals surface area contributed by atoms with E-state index in [0.717, 1.165) is 0 Å². The van der Waals surface area contributed by atoms with Crippen LogP contribution in [0.1, 0.15) is 13.8 Å². The van der Waals surface area contributed by atoms with Crippen LogP contribution in [-0.4, -0.2) is 54.8 Å². The van der Waals surface area contributed by atoms with Crippen LogP contribution in [0.5, 0.6) is 5.75 Å². The lowest BCUT2D eigenvalue weighted by atomic mass is 10.3. The predicted molar refractivity (Wildman–Crippen MR) is 78.7 cm³/mol. The smallest absolute Gasteiger partial charge is 0.234 e. The molecule has 118 valence electrons. The zero-order valence-electron chi connectivity index (χ0n) is 12.7. The van der Waals surface area contributed by atoms with E-state index in [4.69, 9.17) is 4.74 Å². The molecule has 0 aliphatic carbocycles. The molecule has 0 saturated carbocycles. The standard InChI is InChI=1S/C15H23FN2O3/c1-11(2)17-15(20)9-18(3)8-12(19)10-21-14-7-5-4-6-13(14)16/h4-7,11-12,19H,8-10H2,1-3H3,(H,17,20)/t12-/m0/s1. The Morgan fingerprint density at radius 2 is 2.10 bits per heavy atom. The summed E-state index contributed by atoms with van der Waals surface area (Å²) in [5.74, 6) is -0.458. The van der Waals surface area contributed by atoms with Gasteiger partial charge in [0, 0.05) is 12.6 Å². The zero-order chi connectivity index (χ0) is 15.8. The predicted octanol–water partition coefficient (Wildman–Crippen LogP) is 1.02. The fourth-order valence-corrected chi connectivity index (χ4v) is 1.84. The van der Waals surface area contributed by atoms with Crippen LogP contribution in [0.3, 0.4) is 0 Å². The molecule has 0 bridgehead atoms. The molecule has 2 N–H and O–H groups in total. The van der Waals surface area contributed by atoms with Crippen LogP contribution < -0.4 is 10.1 Å². The van der Waals surface area contributed by atoms with E-state index in [9.17, 15) is 14.3 Å². The van der Waals surface area contributed by atoms with Crippen LogP contribution >= 0.6 is 0 Å². The van der Waals surface area contributed by atoms with Crippen LogP contribution in [-0.2, 0) is 4.79 Å². The Morgan fingerprint density at radius 3 is 2.71 bits per heavy atom. The molecule has 1 aromatic carbocycles. The molecule has 5 nitrogen and oxygen atoms in total. The van der Waals surface area contributed by atoms with Gasteiger partial charge in [0.1, 0.15) is 12.7 Å². The molecule has 0 heterocycles. The molecule has 0 aliphatic rings. The first-order valence-corrected chi connectivity index (χ1v) is 6.91. The van der Waals surface area contributed by atoms with Crippen molar-refractivity contribution in [1.82, 2.24) is 10.2 Å². The Bertz CT molecular complexity index is 454. The summed E-state index contributed by atoms with van der Waals surface area (Å²) in [5.41, 5.74) is 0. The number of ether oxygens (including phenoxy) is 1. The van der Waals surface area contributed by atoms with Gasteiger partial charge in [0.25, 0.3) is 0 Å². The van der Waals surface area contributed by atoms with Crippen molar-refractivity contribution in [2.45, 2.75) is 26.0 Å². The summed E-state index contributed by atoms with van der Waals surface area (Å²) in [6, 6.07) is 6.11. The number of nitrogens with one attached hydrogen (secondary N) is 1. The number of carbonyl (C=O) groups is 1. The summed E-state index contributed by atoms with van der Waals surface area (Å²) >= 11 is 0. The second-order valence-corrected chi connectivity index (χ2v) is 5.31. The third kappa shape index (κ3) is 7.06. The maximum absolute atomic E-state index is 13.3. The Balaban J connectivity index is 2.31. The molecule has 6 heteroatoms. The van der Waals surface area contributed by atoms with E-state index in [0.29, 0.717) is 0 Å². The van der Waals surface area contributed by atoms with Crippen LogP contribution in [0.4, 0.5) is 4.39 Å². The lowest BCUT2D eigenvalue weighted by molar-refractivity contribution is -0.122. The average Bonchev–Trinajstić information content (AvgIpc) is 2.36. The number of aliphatic hydroxyl groups excluding tert-OH is 1. The number of hydrogen-bond acceptors (Lipinski definition) is 4. The highest BCUT2D eigenvalue weighted by molar-refractivity contribution is 5.78. The number of hydrogen-bond donors (Lipinski definition) is 2. The highest BCUT2D eigenvalue weighted by Crippen LogP contribution is 2.15. The van der Waals surface area contributed by atoms with Gasteiger partial charge in [-0.3, -0.25) is 9.69 Å². The monoisotopic (exact) mass is 298 g/mol. The number of carbonyl (C=O) groups excluding carboxylic acids is 1. The third-order valence-electron chi connectivity index (χ3n) is 2.65. The lowest BCUT2D eigenvalue weighted by Gasteiger charge is -2.21. The Labute approximate surface area is 124 Å². The Kier molecular flexibility index (Phi) is 7.11. The SMILES string of the molecule is CC(C)NC(=O)CN(C)C[C@H](O)COc1ccccc1F. The van der Waals surface area contributed by atoms with Crippen molar-refractivity contribution in [3.63, 3.8) is 0 Å². The molecular formula is C15H23FN2O3. The number of rotatable bonds is 8. The van der Waals surface area contributed by atoms with Crippen molar-refractivity contribution in [2.75, 3.05) is 26.7 Å². The fourth-order valence-electron chi connectivity index (χ4n) is 1.84. The lowest BCUT2D eigenvalue weighted by Crippen LogP contribution is -2.42. The van der Waals surface area contributed by atoms with Gasteiger partial charge in [0.2, 0.25) is 5.91 Å². The van der Waals surface area contributed by atoms with E-state index in [1.807, 2.05) is 13.8 Å². The number of amides is 1. The highest BCUT2D eigenvalue weighted by Gasteiger charge is 2.13. The minimum absolute atomic E-state index is 0.0307. The first kappa shape index (κ1) is 17.4. The summed E-state index contributed by atoms with van der Waals surface area (Å²) in [5, 5.41) is 12.6. The summed E-state index contributed by atoms with van der Waals surface area (Å²) in [6.45, 7) is 4.19. The van der Waals surface area contributed by atoms with Crippen LogP contribution in [0.25, 0.3) is 0 Å². The zero-order valence-corrected chi connectivity index (χ0v) is 12.7. The first-order chi connectivity index (χ1) is 9.88. The summed E-state index contributed by atoms with van der Waals surface area (Å²) in [4.78, 5) is 13.2. The van der Waals surface area contributed by atoms with Gasteiger partial charge in [-0.2, -0.15) is 0 Å². The number of nitrogens with zero attached hydrogens (tertiary/aromatic N) is 1. The van der Waals surface area contributed by atoms with E-state index in [1.54, 1.807) is 24.1 Å². The topological polar surface area (TPSA) is 61.8 Å². The minimum Gasteiger partial charge on any atom is -0.488 e. The van der Waals surface area contributed by atoms with Gasteiger partial charge in [-0.05, 0) is 33.0 Å². The van der Waals surface area contributed by atoms with Gasteiger partial charge in [-0.1, -0.05) is 12.1 Å². The summed E-state index contributed by atoms with van der Waals surface area (Å²) in [7, 11) is 1.73. The summed E-state index contributed by atoms with van der Waals surface area (Å²) < 4.78 is 18.5. The van der Waals surface area contributed by atoms with Crippen molar-refractivity contribution in [3.8, 4) is 5.75 Å². The number of aliphatic hydroxyl groups is 1. The second kappa shape index (κ2) is 8.59. The molecule has 1 rings (SSSR count). The van der Waals surface area contributed by atoms with Crippen molar-refractivity contribution in [2.24, 2.45) is 0 Å². The maximum Gasteiger partial charge on any atom is 0.234 e. The van der Waals surface area contributed by atoms with Crippen LogP contribution in [0, 0.1) is 5.82 Å². The Morgan fingerprint density at radius 1 is 1.43 bits per heavy atom. The number of para-hydroxylation sites is 1. The van der Waals surface area contributed by atoms with E-state index in [2.05, 4.69) is 5.32 Å². The molecule has 0 unspecified atom stereocenters. The van der Waals surface area contributed by atoms with Crippen LogP contribution in [0.2, 0.25) is 0 Å². The largest absolute Gasteiger partial charge is 0.488 e. The van der Waals surface area contributed by atoms with Gasteiger partial charge >= 0.3 is 0 Å². The van der Waals surface area contributed by atoms with Gasteiger partial charge in [0.15, 0.2) is 11.6 Å². The minimum atomic E-state index is -0.804. The number of halogens is 1. The van der Waals surface area contributed by atoms with Gasteiger partial charge in [0.05, 0.1) is 6.54 Å². The van der Waals surface area contributed by atoms with E-state index >= 15 is 0 Å². The molecule has 0 radical (unpaired) electrons. The number of likely N-dealkylation sites (N-methyl/N-ethyl adjacent to an activating group) is 1. The van der Waals surface area contributed by atoms with Crippen molar-refractivity contribution in [3.05, 3.63) is 30.1 Å². The number of benzene rings is 1. The van der Waals surface area contributed by atoms with Crippen molar-refractivity contribution in [1.29, 1.82) is 0 Å². The van der Waals surface area contributed by atoms with Gasteiger partial charge < -0.3 is 15.2 Å². The third-order valence-corrected chi connectivity index (χ3v) is 2.65. The van der Waals surface area contributed by atoms with Crippen LogP contribution in [0.15, 0.2) is 24.3 Å². The molecule has 0 saturated heterocycles. The molecule has 0 spiro atoms. The van der Waals surface area contributed by atoms with E-state index < -0.39 is 11.9 Å². The molecule has 0 aliphatic heterocycles. The molecule has 0 aromatic heterocycles. The molecule has 1 amide bonds. The van der Waals surface area contributed by atoms with Gasteiger partial charge in [-0.25, -0.2) is 4.39 Å². The Hall–Kier alpha value is -1.66. The van der Waals surface area contributed by atoms with E-state index in [1.165, 1.54) is 12.1 Å². The van der Waals surface area contributed by atoms with E-state index in [-0.39, 0.29) is 37.4 Å². The van der Waals surface area contributed by atoms with Crippen molar-refractivity contribution >= 4 is 5.91 Å². The van der Waals surface area contributed by atoms with Crippen molar-refractivity contribution < 1.29 is 19.0 Å². The normalized spacial score (nSPS) is 12.5. The van der Waals surface area contributed by atoms with Gasteiger partial charge in [-0.15, -0.1) is 0 Å². The molecule has 1 aromatic rings. The fraction of sp³-hybridized carbons (Fsp3) is 0.533. The first-order valence-electron chi connectivity index (χ1n) is 6.91.